The molecule has 0 unspecified atom stereocenters. The van der Waals surface area contributed by atoms with E-state index >= 15 is 0 Å². The Morgan fingerprint density at radius 3 is 2.43 bits per heavy atom. The summed E-state index contributed by atoms with van der Waals surface area (Å²) in [6.07, 6.45) is 3.07. The van der Waals surface area contributed by atoms with Crippen molar-refractivity contribution in [2.45, 2.75) is 4.90 Å². The smallest absolute Gasteiger partial charge is 0.248 e. The third-order valence-corrected chi connectivity index (χ3v) is 8.16. The molecule has 1 amide bonds. The number of hydrogen-bond donors (Lipinski definition) is 1. The van der Waals surface area contributed by atoms with Crippen LogP contribution < -0.4 is 24.4 Å². The molecule has 2 aliphatic rings. The number of carbonyl (C=O) groups is 1. The van der Waals surface area contributed by atoms with Crippen molar-refractivity contribution in [2.75, 3.05) is 50.3 Å². The van der Waals surface area contributed by atoms with Gasteiger partial charge >= 0.3 is 0 Å². The number of methoxy groups -OCH3 is 1. The minimum absolute atomic E-state index is 0.187. The van der Waals surface area contributed by atoms with Crippen molar-refractivity contribution in [1.29, 1.82) is 0 Å². The van der Waals surface area contributed by atoms with E-state index in [1.54, 1.807) is 37.5 Å². The molecular formula is C27H27N3O6S. The van der Waals surface area contributed by atoms with Crippen LogP contribution in [0.1, 0.15) is 5.56 Å². The van der Waals surface area contributed by atoms with Gasteiger partial charge in [0.05, 0.1) is 17.7 Å². The predicted octanol–water partition coefficient (Wildman–Crippen LogP) is 3.59. The van der Waals surface area contributed by atoms with Gasteiger partial charge in [-0.05, 0) is 60.2 Å². The number of anilines is 2. The van der Waals surface area contributed by atoms with Gasteiger partial charge in [-0.1, -0.05) is 18.2 Å². The molecule has 0 atom stereocenters. The van der Waals surface area contributed by atoms with E-state index in [4.69, 9.17) is 14.2 Å². The molecule has 0 spiro atoms. The lowest BCUT2D eigenvalue weighted by atomic mass is 10.2. The van der Waals surface area contributed by atoms with E-state index in [0.717, 1.165) is 17.0 Å². The molecule has 5 rings (SSSR count). The number of fused-ring (bicyclic) bond motifs is 1. The number of hydrogen-bond acceptors (Lipinski definition) is 7. The number of piperazine rings is 1. The Bertz CT molecular complexity index is 1410. The second-order valence-corrected chi connectivity index (χ2v) is 10.5. The van der Waals surface area contributed by atoms with E-state index in [1.165, 1.54) is 22.5 Å². The summed E-state index contributed by atoms with van der Waals surface area (Å²) in [5.41, 5.74) is 2.25. The molecule has 2 aliphatic heterocycles. The van der Waals surface area contributed by atoms with Crippen LogP contribution in [0.5, 0.6) is 17.2 Å². The highest BCUT2D eigenvalue weighted by atomic mass is 32.2. The van der Waals surface area contributed by atoms with Gasteiger partial charge in [0, 0.05) is 37.9 Å². The molecule has 3 aromatic carbocycles. The summed E-state index contributed by atoms with van der Waals surface area (Å²) in [4.78, 5) is 14.7. The molecule has 0 saturated carbocycles. The molecule has 0 bridgehead atoms. The van der Waals surface area contributed by atoms with Gasteiger partial charge in [0.2, 0.25) is 22.7 Å². The minimum Gasteiger partial charge on any atom is -0.495 e. The zero-order valence-electron chi connectivity index (χ0n) is 20.3. The van der Waals surface area contributed by atoms with Crippen molar-refractivity contribution in [3.05, 3.63) is 78.4 Å². The van der Waals surface area contributed by atoms with Crippen LogP contribution in [0.3, 0.4) is 0 Å². The number of nitrogens with zero attached hydrogens (tertiary/aromatic N) is 2. The average Bonchev–Trinajstić information content (AvgIpc) is 3.40. The van der Waals surface area contributed by atoms with Gasteiger partial charge in [-0.2, -0.15) is 4.31 Å². The van der Waals surface area contributed by atoms with E-state index in [-0.39, 0.29) is 17.6 Å². The van der Waals surface area contributed by atoms with E-state index in [9.17, 15) is 13.2 Å². The van der Waals surface area contributed by atoms with Gasteiger partial charge in [0.25, 0.3) is 0 Å². The van der Waals surface area contributed by atoms with Crippen molar-refractivity contribution >= 4 is 33.4 Å². The lowest BCUT2D eigenvalue weighted by Gasteiger charge is -2.35. The lowest BCUT2D eigenvalue weighted by Crippen LogP contribution is -2.48. The van der Waals surface area contributed by atoms with Crippen LogP contribution >= 0.6 is 0 Å². The quantitative estimate of drug-likeness (QED) is 0.475. The predicted molar refractivity (Wildman–Crippen MR) is 141 cm³/mol. The molecule has 9 nitrogen and oxygen atoms in total. The first-order chi connectivity index (χ1) is 17.9. The van der Waals surface area contributed by atoms with Crippen LogP contribution in [0.2, 0.25) is 0 Å². The standard InChI is InChI=1S/C27H27N3O6S/c1-34-24-5-3-2-4-23(24)29-14-16-30(17-15-29)37(32,33)22-10-8-21(9-11-22)28-27(31)13-7-20-6-12-25-26(18-20)36-19-35-25/h2-13,18H,14-17,19H2,1H3,(H,28,31)/b13-7+. The first-order valence-corrected chi connectivity index (χ1v) is 13.2. The fraction of sp³-hybridized carbons (Fsp3) is 0.222. The number of benzene rings is 3. The zero-order valence-corrected chi connectivity index (χ0v) is 21.1. The van der Waals surface area contributed by atoms with E-state index in [1.807, 2.05) is 30.3 Å². The van der Waals surface area contributed by atoms with Crippen LogP contribution in [-0.4, -0.2) is 58.7 Å². The van der Waals surface area contributed by atoms with Crippen molar-refractivity contribution in [3.8, 4) is 17.2 Å². The molecule has 1 saturated heterocycles. The largest absolute Gasteiger partial charge is 0.495 e. The third kappa shape index (κ3) is 5.40. The second-order valence-electron chi connectivity index (χ2n) is 8.52. The summed E-state index contributed by atoms with van der Waals surface area (Å²) in [6, 6.07) is 19.3. The normalized spacial score (nSPS) is 15.6. The van der Waals surface area contributed by atoms with Gasteiger partial charge in [-0.3, -0.25) is 4.79 Å². The maximum absolute atomic E-state index is 13.2. The molecule has 0 aliphatic carbocycles. The molecular weight excluding hydrogens is 494 g/mol. The number of amides is 1. The Morgan fingerprint density at radius 2 is 1.68 bits per heavy atom. The topological polar surface area (TPSA) is 97.4 Å². The summed E-state index contributed by atoms with van der Waals surface area (Å²) in [7, 11) is -2.03. The summed E-state index contributed by atoms with van der Waals surface area (Å²) < 4.78 is 43.9. The number of carbonyl (C=O) groups excluding carboxylic acids is 1. The average molecular weight is 522 g/mol. The Kier molecular flexibility index (Phi) is 7.02. The van der Waals surface area contributed by atoms with Crippen LogP contribution in [0.4, 0.5) is 11.4 Å². The number of nitrogens with one attached hydrogen (secondary N) is 1. The van der Waals surface area contributed by atoms with E-state index < -0.39 is 10.0 Å². The molecule has 192 valence electrons. The van der Waals surface area contributed by atoms with Gasteiger partial charge < -0.3 is 24.4 Å². The third-order valence-electron chi connectivity index (χ3n) is 6.25. The van der Waals surface area contributed by atoms with Gasteiger partial charge in [0.15, 0.2) is 11.5 Å². The minimum atomic E-state index is -3.65. The van der Waals surface area contributed by atoms with Crippen molar-refractivity contribution in [3.63, 3.8) is 0 Å². The fourth-order valence-corrected chi connectivity index (χ4v) is 5.71. The lowest BCUT2D eigenvalue weighted by molar-refractivity contribution is -0.111. The monoisotopic (exact) mass is 521 g/mol. The van der Waals surface area contributed by atoms with Crippen molar-refractivity contribution in [2.24, 2.45) is 0 Å². The van der Waals surface area contributed by atoms with Crippen molar-refractivity contribution in [1.82, 2.24) is 4.31 Å². The van der Waals surface area contributed by atoms with Crippen LogP contribution in [0, 0.1) is 0 Å². The first kappa shape index (κ1) is 24.7. The molecule has 0 aromatic heterocycles. The van der Waals surface area contributed by atoms with Crippen LogP contribution in [-0.2, 0) is 14.8 Å². The zero-order chi connectivity index (χ0) is 25.8. The van der Waals surface area contributed by atoms with E-state index in [0.29, 0.717) is 43.4 Å². The Hall–Kier alpha value is -4.02. The molecule has 3 aromatic rings. The van der Waals surface area contributed by atoms with Gasteiger partial charge in [-0.25, -0.2) is 8.42 Å². The molecule has 1 fully saturated rings. The summed E-state index contributed by atoms with van der Waals surface area (Å²) >= 11 is 0. The molecule has 10 heteroatoms. The Labute approximate surface area is 215 Å². The summed E-state index contributed by atoms with van der Waals surface area (Å²) in [5, 5.41) is 2.75. The molecule has 2 heterocycles. The maximum Gasteiger partial charge on any atom is 0.248 e. The second kappa shape index (κ2) is 10.5. The first-order valence-electron chi connectivity index (χ1n) is 11.8. The summed E-state index contributed by atoms with van der Waals surface area (Å²) in [5.74, 6) is 1.75. The molecule has 1 N–H and O–H groups in total. The highest BCUT2D eigenvalue weighted by Crippen LogP contribution is 2.33. The Balaban J connectivity index is 1.18. The number of para-hydroxylation sites is 2. The highest BCUT2D eigenvalue weighted by molar-refractivity contribution is 7.89. The highest BCUT2D eigenvalue weighted by Gasteiger charge is 2.29. The number of sulfonamides is 1. The maximum atomic E-state index is 13.2. The fourth-order valence-electron chi connectivity index (χ4n) is 4.29. The SMILES string of the molecule is COc1ccccc1N1CCN(S(=O)(=O)c2ccc(NC(=O)/C=C/c3ccc4c(c3)OCO4)cc2)CC1. The Morgan fingerprint density at radius 1 is 0.946 bits per heavy atom. The van der Waals surface area contributed by atoms with E-state index in [2.05, 4.69) is 10.2 Å². The van der Waals surface area contributed by atoms with Gasteiger partial charge in [-0.15, -0.1) is 0 Å². The van der Waals surface area contributed by atoms with Crippen LogP contribution in [0.15, 0.2) is 77.7 Å². The molecule has 0 radical (unpaired) electrons. The summed E-state index contributed by atoms with van der Waals surface area (Å²) in [6.45, 7) is 2.04. The van der Waals surface area contributed by atoms with Crippen molar-refractivity contribution < 1.29 is 27.4 Å². The van der Waals surface area contributed by atoms with Crippen LogP contribution in [0.25, 0.3) is 6.08 Å². The van der Waals surface area contributed by atoms with Gasteiger partial charge in [0.1, 0.15) is 5.75 Å². The number of rotatable bonds is 7. The number of ether oxygens (including phenoxy) is 3. The molecule has 37 heavy (non-hydrogen) atoms.